The topological polar surface area (TPSA) is 121 Å². The summed E-state index contributed by atoms with van der Waals surface area (Å²) in [6.07, 6.45) is 0. The average Bonchev–Trinajstić information content (AvgIpc) is 3.16. The van der Waals surface area contributed by atoms with Crippen LogP contribution in [0.15, 0.2) is 54.9 Å². The minimum Gasteiger partial charge on any atom is -0.462 e. The number of hydrogen-bond acceptors (Lipinski definition) is 7. The van der Waals surface area contributed by atoms with Crippen molar-refractivity contribution in [3.63, 3.8) is 0 Å². The number of rotatable bonds is 5. The molecule has 0 spiro atoms. The molecule has 0 fully saturated rings. The number of carbonyl (C=O) groups excluding carboxylic acids is 1. The van der Waals surface area contributed by atoms with E-state index in [0.717, 1.165) is 0 Å². The fourth-order valence-corrected chi connectivity index (χ4v) is 4.30. The highest BCUT2D eigenvalue weighted by molar-refractivity contribution is 7.92. The number of fused-ring (bicyclic) bond motifs is 2. The summed E-state index contributed by atoms with van der Waals surface area (Å²) < 4.78 is 45.1. The number of furan rings is 1. The molecule has 0 aliphatic rings. The number of carbonyl (C=O) groups is 1. The molecule has 0 saturated heterocycles. The van der Waals surface area contributed by atoms with Crippen molar-refractivity contribution in [1.82, 2.24) is 4.57 Å². The molecule has 2 aromatic heterocycles. The van der Waals surface area contributed by atoms with Crippen LogP contribution in [0.3, 0.4) is 0 Å². The zero-order valence-electron chi connectivity index (χ0n) is 16.4. The lowest BCUT2D eigenvalue weighted by atomic mass is 10.1. The third-order valence-corrected chi connectivity index (χ3v) is 6.05. The first-order valence-electron chi connectivity index (χ1n) is 9.04. The first-order valence-corrected chi connectivity index (χ1v) is 10.5. The van der Waals surface area contributed by atoms with E-state index in [0.29, 0.717) is 22.2 Å². The van der Waals surface area contributed by atoms with Crippen molar-refractivity contribution < 1.29 is 26.8 Å². The Morgan fingerprint density at radius 2 is 1.90 bits per heavy atom. The number of hydrogen-bond donors (Lipinski definition) is 1. The SMILES string of the molecule is CCOC(=O)c1c(C)oc2ccc(NS(=O)(=O)c3ccc4c(c3)oc(=O)n4C)cc12. The number of nitrogens with one attached hydrogen (secondary N) is 1. The third kappa shape index (κ3) is 3.24. The Hall–Kier alpha value is -3.53. The van der Waals surface area contributed by atoms with Gasteiger partial charge in [-0.05, 0) is 44.2 Å². The highest BCUT2D eigenvalue weighted by atomic mass is 32.2. The molecule has 0 aliphatic carbocycles. The first-order chi connectivity index (χ1) is 14.2. The second-order valence-corrected chi connectivity index (χ2v) is 8.31. The highest BCUT2D eigenvalue weighted by Gasteiger charge is 2.21. The van der Waals surface area contributed by atoms with Gasteiger partial charge in [0.15, 0.2) is 5.58 Å². The normalized spacial score (nSPS) is 11.8. The molecule has 0 saturated carbocycles. The number of aryl methyl sites for hydroxylation is 2. The number of ether oxygens (including phenoxy) is 1. The Morgan fingerprint density at radius 1 is 1.13 bits per heavy atom. The third-order valence-electron chi connectivity index (χ3n) is 4.67. The predicted octanol–water partition coefficient (Wildman–Crippen LogP) is 3.16. The van der Waals surface area contributed by atoms with Gasteiger partial charge in [0.2, 0.25) is 0 Å². The Labute approximate surface area is 170 Å². The van der Waals surface area contributed by atoms with Gasteiger partial charge in [-0.1, -0.05) is 0 Å². The van der Waals surface area contributed by atoms with Crippen LogP contribution in [0.5, 0.6) is 0 Å². The lowest BCUT2D eigenvalue weighted by molar-refractivity contribution is 0.0526. The van der Waals surface area contributed by atoms with Gasteiger partial charge in [-0.15, -0.1) is 0 Å². The standard InChI is InChI=1S/C20H18N2O7S/c1-4-27-19(23)18-11(2)28-16-8-5-12(9-14(16)18)21-30(25,26)13-6-7-15-17(10-13)29-20(24)22(15)3/h5-10,21H,4H2,1-3H3. The zero-order valence-corrected chi connectivity index (χ0v) is 17.2. The van der Waals surface area contributed by atoms with Crippen LogP contribution >= 0.6 is 0 Å². The van der Waals surface area contributed by atoms with Crippen molar-refractivity contribution in [2.75, 3.05) is 11.3 Å². The molecule has 9 nitrogen and oxygen atoms in total. The molecule has 0 aliphatic heterocycles. The molecule has 0 unspecified atom stereocenters. The summed E-state index contributed by atoms with van der Waals surface area (Å²) in [6, 6.07) is 8.77. The van der Waals surface area contributed by atoms with Crippen molar-refractivity contribution in [3.05, 3.63) is 58.3 Å². The molecule has 10 heteroatoms. The molecule has 1 N–H and O–H groups in total. The second kappa shape index (κ2) is 7.06. The summed E-state index contributed by atoms with van der Waals surface area (Å²) >= 11 is 0. The van der Waals surface area contributed by atoms with Crippen LogP contribution in [0.25, 0.3) is 22.1 Å². The summed E-state index contributed by atoms with van der Waals surface area (Å²) in [4.78, 5) is 23.8. The van der Waals surface area contributed by atoms with Crippen molar-refractivity contribution >= 4 is 43.7 Å². The summed E-state index contributed by atoms with van der Waals surface area (Å²) in [7, 11) is -2.45. The van der Waals surface area contributed by atoms with Gasteiger partial charge < -0.3 is 13.6 Å². The maximum Gasteiger partial charge on any atom is 0.419 e. The van der Waals surface area contributed by atoms with Crippen LogP contribution in [0.1, 0.15) is 23.0 Å². The van der Waals surface area contributed by atoms with Gasteiger partial charge in [-0.2, -0.15) is 0 Å². The molecule has 2 heterocycles. The van der Waals surface area contributed by atoms with E-state index in [1.165, 1.54) is 41.9 Å². The van der Waals surface area contributed by atoms with E-state index in [9.17, 15) is 18.0 Å². The van der Waals surface area contributed by atoms with Gasteiger partial charge in [-0.25, -0.2) is 18.0 Å². The van der Waals surface area contributed by atoms with Crippen LogP contribution in [0.2, 0.25) is 0 Å². The van der Waals surface area contributed by atoms with Gasteiger partial charge in [0.25, 0.3) is 10.0 Å². The fraction of sp³-hybridized carbons (Fsp3) is 0.200. The summed E-state index contributed by atoms with van der Waals surface area (Å²) in [6.45, 7) is 3.54. The number of esters is 1. The predicted molar refractivity (Wildman–Crippen MR) is 109 cm³/mol. The summed E-state index contributed by atoms with van der Waals surface area (Å²) in [5.74, 6) is -0.744. The molecule has 0 bridgehead atoms. The van der Waals surface area contributed by atoms with Gasteiger partial charge in [0.05, 0.1) is 17.0 Å². The smallest absolute Gasteiger partial charge is 0.419 e. The largest absolute Gasteiger partial charge is 0.462 e. The van der Waals surface area contributed by atoms with Gasteiger partial charge >= 0.3 is 11.7 Å². The number of anilines is 1. The van der Waals surface area contributed by atoms with E-state index < -0.39 is 21.7 Å². The average molecular weight is 430 g/mol. The Morgan fingerprint density at radius 3 is 2.63 bits per heavy atom. The molecular weight excluding hydrogens is 412 g/mol. The molecule has 0 amide bonds. The van der Waals surface area contributed by atoms with Gasteiger partial charge in [0.1, 0.15) is 16.9 Å². The molecule has 2 aromatic carbocycles. The molecule has 4 rings (SSSR count). The maximum absolute atomic E-state index is 12.8. The highest BCUT2D eigenvalue weighted by Crippen LogP contribution is 2.30. The summed E-state index contributed by atoms with van der Waals surface area (Å²) in [5, 5.41) is 0.440. The Kier molecular flexibility index (Phi) is 4.65. The number of nitrogens with zero attached hydrogens (tertiary/aromatic N) is 1. The molecular formula is C20H18N2O7S. The number of aromatic nitrogens is 1. The molecule has 0 radical (unpaired) electrons. The summed E-state index contributed by atoms with van der Waals surface area (Å²) in [5.41, 5.74) is 1.57. The molecule has 4 aromatic rings. The number of benzene rings is 2. The number of sulfonamides is 1. The van der Waals surface area contributed by atoms with E-state index in [2.05, 4.69) is 4.72 Å². The lowest BCUT2D eigenvalue weighted by Crippen LogP contribution is -2.13. The van der Waals surface area contributed by atoms with E-state index in [1.807, 2.05) is 0 Å². The second-order valence-electron chi connectivity index (χ2n) is 6.63. The Bertz CT molecular complexity index is 1460. The van der Waals surface area contributed by atoms with E-state index in [4.69, 9.17) is 13.6 Å². The van der Waals surface area contributed by atoms with Gasteiger partial charge in [-0.3, -0.25) is 9.29 Å². The molecule has 156 valence electrons. The van der Waals surface area contributed by atoms with Crippen LogP contribution < -0.4 is 10.5 Å². The van der Waals surface area contributed by atoms with Crippen molar-refractivity contribution in [1.29, 1.82) is 0 Å². The van der Waals surface area contributed by atoms with Crippen LogP contribution in [-0.4, -0.2) is 25.6 Å². The fourth-order valence-electron chi connectivity index (χ4n) is 3.24. The molecule has 30 heavy (non-hydrogen) atoms. The maximum atomic E-state index is 12.8. The van der Waals surface area contributed by atoms with Crippen molar-refractivity contribution in [2.24, 2.45) is 7.05 Å². The Balaban J connectivity index is 1.73. The van der Waals surface area contributed by atoms with E-state index >= 15 is 0 Å². The minimum atomic E-state index is -3.98. The van der Waals surface area contributed by atoms with Crippen LogP contribution in [0, 0.1) is 6.92 Å². The van der Waals surface area contributed by atoms with Crippen molar-refractivity contribution in [2.45, 2.75) is 18.7 Å². The van der Waals surface area contributed by atoms with E-state index in [1.54, 1.807) is 19.9 Å². The minimum absolute atomic E-state index is 0.0709. The van der Waals surface area contributed by atoms with E-state index in [-0.39, 0.29) is 28.3 Å². The van der Waals surface area contributed by atoms with Gasteiger partial charge in [0, 0.05) is 24.2 Å². The molecule has 0 atom stereocenters. The first kappa shape index (κ1) is 19.8. The zero-order chi connectivity index (χ0) is 21.6. The quantitative estimate of drug-likeness (QED) is 0.483. The van der Waals surface area contributed by atoms with Crippen LogP contribution in [0.4, 0.5) is 5.69 Å². The monoisotopic (exact) mass is 430 g/mol. The lowest BCUT2D eigenvalue weighted by Gasteiger charge is -2.08. The van der Waals surface area contributed by atoms with Crippen LogP contribution in [-0.2, 0) is 21.8 Å². The van der Waals surface area contributed by atoms with Crippen molar-refractivity contribution in [3.8, 4) is 0 Å². The number of oxazole rings is 1.